The molecule has 0 aromatic heterocycles. The maximum Gasteiger partial charge on any atom is 0.328 e. The van der Waals surface area contributed by atoms with Gasteiger partial charge in [0, 0.05) is 12.4 Å². The Morgan fingerprint density at radius 2 is 1.10 bits per heavy atom. The van der Waals surface area contributed by atoms with Gasteiger partial charge in [0.05, 0.1) is 12.3 Å². The molecule has 6 heteroatoms. The van der Waals surface area contributed by atoms with E-state index < -0.39 is 7.60 Å². The highest BCUT2D eigenvalue weighted by atomic mass is 32.2. The molecule has 1 unspecified atom stereocenters. The lowest BCUT2D eigenvalue weighted by Crippen LogP contribution is -2.22. The Labute approximate surface area is 198 Å². The third kappa shape index (κ3) is 26.6. The van der Waals surface area contributed by atoms with E-state index in [0.29, 0.717) is 12.4 Å². The van der Waals surface area contributed by atoms with E-state index in [1.165, 1.54) is 103 Å². The fraction of sp³-hybridized carbons (Fsp3) is 1.00. The number of thioether (sulfide) groups is 1. The molecule has 0 bridgehead atoms. The molecule has 0 aliphatic carbocycles. The zero-order valence-corrected chi connectivity index (χ0v) is 22.4. The highest BCUT2D eigenvalue weighted by molar-refractivity contribution is 7.99. The second-order valence-electron chi connectivity index (χ2n) is 9.07. The Morgan fingerprint density at radius 1 is 0.677 bits per heavy atom. The molecular formula is C25H53O4PS. The van der Waals surface area contributed by atoms with Gasteiger partial charge < -0.3 is 14.5 Å². The summed E-state index contributed by atoms with van der Waals surface area (Å²) >= 11 is 1.79. The Kier molecular flexibility index (Phi) is 24.0. The van der Waals surface area contributed by atoms with E-state index in [4.69, 9.17) is 4.74 Å². The zero-order valence-electron chi connectivity index (χ0n) is 20.7. The molecule has 1 atom stereocenters. The molecule has 0 aliphatic rings. The summed E-state index contributed by atoms with van der Waals surface area (Å²) < 4.78 is 17.3. The molecule has 0 aromatic carbocycles. The van der Waals surface area contributed by atoms with Crippen molar-refractivity contribution >= 4 is 19.4 Å². The lowest BCUT2D eigenvalue weighted by atomic mass is 10.1. The summed E-state index contributed by atoms with van der Waals surface area (Å²) in [5.41, 5.74) is 0. The van der Waals surface area contributed by atoms with Gasteiger partial charge in [0.25, 0.3) is 0 Å². The minimum Gasteiger partial charge on any atom is -0.377 e. The molecule has 0 spiro atoms. The minimum atomic E-state index is -4.02. The quantitative estimate of drug-likeness (QED) is 0.101. The number of unbranched alkanes of at least 4 members (excludes halogenated alkanes) is 16. The molecule has 2 N–H and O–H groups in total. The number of ether oxygens (including phenoxy) is 1. The third-order valence-corrected chi connectivity index (χ3v) is 7.81. The van der Waals surface area contributed by atoms with Gasteiger partial charge >= 0.3 is 7.60 Å². The molecular weight excluding hydrogens is 427 g/mol. The van der Waals surface area contributed by atoms with Crippen molar-refractivity contribution in [2.45, 2.75) is 136 Å². The Balaban J connectivity index is 3.69. The number of hydrogen-bond acceptors (Lipinski definition) is 3. The Hall–Kier alpha value is 0.460. The molecule has 0 fully saturated rings. The smallest absolute Gasteiger partial charge is 0.328 e. The SMILES string of the molecule is CCCCCCCCCCCCOC(CSCCCCCCCCCC)CP(=O)(O)O. The summed E-state index contributed by atoms with van der Waals surface area (Å²) in [4.78, 5) is 18.7. The van der Waals surface area contributed by atoms with Crippen molar-refractivity contribution < 1.29 is 19.1 Å². The van der Waals surface area contributed by atoms with Gasteiger partial charge in [0.15, 0.2) is 0 Å². The van der Waals surface area contributed by atoms with E-state index >= 15 is 0 Å². The van der Waals surface area contributed by atoms with Crippen molar-refractivity contribution in [3.05, 3.63) is 0 Å². The summed E-state index contributed by atoms with van der Waals surface area (Å²) in [6.07, 6.45) is 22.8. The number of rotatable bonds is 25. The second-order valence-corrected chi connectivity index (χ2v) is 11.9. The average molecular weight is 481 g/mol. The van der Waals surface area contributed by atoms with Crippen LogP contribution in [0.2, 0.25) is 0 Å². The molecule has 0 aliphatic heterocycles. The molecule has 188 valence electrons. The standard InChI is InChI=1S/C25H53O4PS/c1-3-5-7-9-11-13-14-15-17-19-21-29-25(23-30(26,27)28)24-31-22-20-18-16-12-10-8-6-4-2/h25H,3-24H2,1-2H3,(H2,26,27,28). The van der Waals surface area contributed by atoms with Gasteiger partial charge in [-0.15, -0.1) is 0 Å². The van der Waals surface area contributed by atoms with Crippen LogP contribution in [0.1, 0.15) is 129 Å². The Bertz CT molecular complexity index is 403. The van der Waals surface area contributed by atoms with Crippen LogP contribution < -0.4 is 0 Å². The highest BCUT2D eigenvalue weighted by Gasteiger charge is 2.22. The van der Waals surface area contributed by atoms with Gasteiger partial charge in [0.1, 0.15) is 0 Å². The first-order valence-electron chi connectivity index (χ1n) is 13.2. The normalized spacial score (nSPS) is 13.0. The maximum atomic E-state index is 11.4. The maximum absolute atomic E-state index is 11.4. The van der Waals surface area contributed by atoms with E-state index in [2.05, 4.69) is 13.8 Å². The van der Waals surface area contributed by atoms with Crippen molar-refractivity contribution in [2.75, 3.05) is 24.3 Å². The van der Waals surface area contributed by atoms with Crippen LogP contribution in [0.5, 0.6) is 0 Å². The van der Waals surface area contributed by atoms with Gasteiger partial charge in [0.2, 0.25) is 0 Å². The first kappa shape index (κ1) is 31.5. The monoisotopic (exact) mass is 480 g/mol. The summed E-state index contributed by atoms with van der Waals surface area (Å²) in [5, 5.41) is 0. The summed E-state index contributed by atoms with van der Waals surface area (Å²) in [6.45, 7) is 5.12. The highest BCUT2D eigenvalue weighted by Crippen LogP contribution is 2.36. The molecule has 31 heavy (non-hydrogen) atoms. The molecule has 0 aromatic rings. The van der Waals surface area contributed by atoms with Crippen molar-refractivity contribution in [1.82, 2.24) is 0 Å². The molecule has 0 saturated heterocycles. The molecule has 0 amide bonds. The van der Waals surface area contributed by atoms with E-state index in [-0.39, 0.29) is 12.3 Å². The molecule has 4 nitrogen and oxygen atoms in total. The summed E-state index contributed by atoms with van der Waals surface area (Å²) in [7, 11) is -4.02. The van der Waals surface area contributed by atoms with Crippen molar-refractivity contribution in [2.24, 2.45) is 0 Å². The van der Waals surface area contributed by atoms with Gasteiger partial charge in [-0.25, -0.2) is 0 Å². The van der Waals surface area contributed by atoms with Crippen LogP contribution in [-0.2, 0) is 9.30 Å². The fourth-order valence-electron chi connectivity index (χ4n) is 3.81. The molecule has 0 radical (unpaired) electrons. The third-order valence-electron chi connectivity index (χ3n) is 5.74. The molecule has 0 saturated carbocycles. The number of hydrogen-bond donors (Lipinski definition) is 2. The zero-order chi connectivity index (χ0) is 23.0. The van der Waals surface area contributed by atoms with Crippen molar-refractivity contribution in [3.8, 4) is 0 Å². The lowest BCUT2D eigenvalue weighted by molar-refractivity contribution is 0.0774. The molecule has 0 rings (SSSR count). The minimum absolute atomic E-state index is 0.144. The van der Waals surface area contributed by atoms with Crippen LogP contribution in [0.3, 0.4) is 0 Å². The van der Waals surface area contributed by atoms with Crippen LogP contribution in [-0.4, -0.2) is 40.2 Å². The van der Waals surface area contributed by atoms with E-state index in [1.807, 2.05) is 0 Å². The van der Waals surface area contributed by atoms with E-state index in [1.54, 1.807) is 11.8 Å². The second kappa shape index (κ2) is 23.6. The average Bonchev–Trinajstić information content (AvgIpc) is 2.72. The topological polar surface area (TPSA) is 66.8 Å². The first-order valence-corrected chi connectivity index (χ1v) is 16.2. The van der Waals surface area contributed by atoms with Crippen molar-refractivity contribution in [1.29, 1.82) is 0 Å². The van der Waals surface area contributed by atoms with Crippen LogP contribution in [0.4, 0.5) is 0 Å². The summed E-state index contributed by atoms with van der Waals surface area (Å²) in [6, 6.07) is 0. The largest absolute Gasteiger partial charge is 0.377 e. The van der Waals surface area contributed by atoms with E-state index in [9.17, 15) is 14.4 Å². The summed E-state index contributed by atoms with van der Waals surface area (Å²) in [5.74, 6) is 1.76. The van der Waals surface area contributed by atoms with Crippen molar-refractivity contribution in [3.63, 3.8) is 0 Å². The van der Waals surface area contributed by atoms with E-state index in [0.717, 1.165) is 18.6 Å². The lowest BCUT2D eigenvalue weighted by Gasteiger charge is -2.18. The van der Waals surface area contributed by atoms with Crippen LogP contribution in [0.15, 0.2) is 0 Å². The van der Waals surface area contributed by atoms with Crippen LogP contribution >= 0.6 is 19.4 Å². The van der Waals surface area contributed by atoms with Crippen LogP contribution in [0.25, 0.3) is 0 Å². The van der Waals surface area contributed by atoms with Gasteiger partial charge in [-0.2, -0.15) is 11.8 Å². The van der Waals surface area contributed by atoms with Crippen LogP contribution in [0, 0.1) is 0 Å². The van der Waals surface area contributed by atoms with Gasteiger partial charge in [-0.1, -0.05) is 117 Å². The van der Waals surface area contributed by atoms with Gasteiger partial charge in [-0.3, -0.25) is 4.57 Å². The first-order chi connectivity index (χ1) is 15.0. The molecule has 0 heterocycles. The predicted molar refractivity (Wildman–Crippen MR) is 138 cm³/mol. The predicted octanol–water partition coefficient (Wildman–Crippen LogP) is 8.34. The van der Waals surface area contributed by atoms with Gasteiger partial charge in [-0.05, 0) is 18.6 Å². The Morgan fingerprint density at radius 3 is 1.55 bits per heavy atom. The fourth-order valence-corrected chi connectivity index (χ4v) is 5.80.